The molecular formula is C21H18F3N3O3. The Balaban J connectivity index is 2.27. The third-order valence-electron chi connectivity index (χ3n) is 4.20. The number of nitrogens with one attached hydrogen (secondary N) is 2. The van der Waals surface area contributed by atoms with Crippen molar-refractivity contribution in [3.05, 3.63) is 65.2 Å². The van der Waals surface area contributed by atoms with Gasteiger partial charge in [-0.1, -0.05) is 26.0 Å². The number of amides is 2. The monoisotopic (exact) mass is 417 g/mol. The molecule has 0 aliphatic heterocycles. The standard InChI is InChI=1S/C21H18F3N3O3/c1-12(2)17(27-20(30)21(22,23)24)19(29)26-16-6-4-3-5-15(16)18(28)14-9-7-13(11-25)8-10-14/h3-10,12,17H,1-2H3,(H,26,29)(H,27,30). The van der Waals surface area contributed by atoms with E-state index in [0.717, 1.165) is 0 Å². The van der Waals surface area contributed by atoms with Gasteiger partial charge < -0.3 is 10.6 Å². The topological polar surface area (TPSA) is 99.1 Å². The zero-order valence-corrected chi connectivity index (χ0v) is 16.1. The summed E-state index contributed by atoms with van der Waals surface area (Å²) in [5, 5.41) is 13.0. The van der Waals surface area contributed by atoms with Crippen molar-refractivity contribution < 1.29 is 27.6 Å². The highest BCUT2D eigenvalue weighted by Crippen LogP contribution is 2.21. The second-order valence-corrected chi connectivity index (χ2v) is 6.75. The molecule has 9 heteroatoms. The Labute approximate surface area is 170 Å². The number of anilines is 1. The number of benzene rings is 2. The molecule has 0 saturated heterocycles. The third-order valence-corrected chi connectivity index (χ3v) is 4.20. The van der Waals surface area contributed by atoms with Crippen LogP contribution in [0.5, 0.6) is 0 Å². The summed E-state index contributed by atoms with van der Waals surface area (Å²) in [6, 6.07) is 12.3. The second-order valence-electron chi connectivity index (χ2n) is 6.75. The van der Waals surface area contributed by atoms with Gasteiger partial charge in [-0.25, -0.2) is 0 Å². The van der Waals surface area contributed by atoms with Gasteiger partial charge >= 0.3 is 12.1 Å². The average molecular weight is 417 g/mol. The molecular weight excluding hydrogens is 399 g/mol. The van der Waals surface area contributed by atoms with Gasteiger partial charge in [-0.3, -0.25) is 14.4 Å². The normalized spacial score (nSPS) is 12.0. The molecule has 0 aliphatic rings. The van der Waals surface area contributed by atoms with E-state index in [1.54, 1.807) is 17.4 Å². The Bertz CT molecular complexity index is 993. The predicted molar refractivity (Wildman–Crippen MR) is 102 cm³/mol. The van der Waals surface area contributed by atoms with Crippen LogP contribution in [0.2, 0.25) is 0 Å². The van der Waals surface area contributed by atoms with E-state index in [2.05, 4.69) is 5.32 Å². The Morgan fingerprint density at radius 3 is 2.13 bits per heavy atom. The number of nitriles is 1. The summed E-state index contributed by atoms with van der Waals surface area (Å²) < 4.78 is 37.7. The van der Waals surface area contributed by atoms with Gasteiger partial charge in [-0.05, 0) is 42.3 Å². The first kappa shape index (κ1) is 22.6. The number of hydrogen-bond acceptors (Lipinski definition) is 4. The molecule has 2 aromatic rings. The van der Waals surface area contributed by atoms with Gasteiger partial charge in [0.2, 0.25) is 5.91 Å². The first-order valence-corrected chi connectivity index (χ1v) is 8.87. The molecule has 1 unspecified atom stereocenters. The van der Waals surface area contributed by atoms with Crippen molar-refractivity contribution in [3.63, 3.8) is 0 Å². The number of carbonyl (C=O) groups is 3. The molecule has 0 aromatic heterocycles. The van der Waals surface area contributed by atoms with Gasteiger partial charge in [-0.2, -0.15) is 18.4 Å². The first-order valence-electron chi connectivity index (χ1n) is 8.87. The molecule has 1 atom stereocenters. The first-order chi connectivity index (χ1) is 14.0. The smallest absolute Gasteiger partial charge is 0.336 e. The van der Waals surface area contributed by atoms with E-state index in [4.69, 9.17) is 5.26 Å². The molecule has 156 valence electrons. The van der Waals surface area contributed by atoms with E-state index in [-0.39, 0.29) is 16.8 Å². The van der Waals surface area contributed by atoms with Crippen molar-refractivity contribution in [2.75, 3.05) is 5.32 Å². The fraction of sp³-hybridized carbons (Fsp3) is 0.238. The highest BCUT2D eigenvalue weighted by molar-refractivity contribution is 6.14. The molecule has 2 rings (SSSR count). The summed E-state index contributed by atoms with van der Waals surface area (Å²) in [7, 11) is 0. The summed E-state index contributed by atoms with van der Waals surface area (Å²) in [5.41, 5.74) is 0.832. The van der Waals surface area contributed by atoms with Crippen molar-refractivity contribution in [2.24, 2.45) is 5.92 Å². The molecule has 2 N–H and O–H groups in total. The third kappa shape index (κ3) is 5.44. The highest BCUT2D eigenvalue weighted by atomic mass is 19.4. The maximum absolute atomic E-state index is 12.8. The SMILES string of the molecule is CC(C)C(NC(=O)C(F)(F)F)C(=O)Nc1ccccc1C(=O)c1ccc(C#N)cc1. The van der Waals surface area contributed by atoms with E-state index >= 15 is 0 Å². The van der Waals surface area contributed by atoms with E-state index < -0.39 is 35.7 Å². The maximum atomic E-state index is 12.8. The van der Waals surface area contributed by atoms with Crippen LogP contribution in [0.25, 0.3) is 0 Å². The summed E-state index contributed by atoms with van der Waals surface area (Å²) in [5.74, 6) is -4.20. The van der Waals surface area contributed by atoms with Crippen LogP contribution in [0.1, 0.15) is 35.3 Å². The van der Waals surface area contributed by atoms with Crippen molar-refractivity contribution >= 4 is 23.3 Å². The van der Waals surface area contributed by atoms with Gasteiger partial charge in [0.15, 0.2) is 5.78 Å². The number of nitrogens with zero attached hydrogens (tertiary/aromatic N) is 1. The van der Waals surface area contributed by atoms with Crippen LogP contribution in [0.15, 0.2) is 48.5 Å². The number of rotatable bonds is 6. The lowest BCUT2D eigenvalue weighted by molar-refractivity contribution is -0.175. The quantitative estimate of drug-likeness (QED) is 0.704. The molecule has 6 nitrogen and oxygen atoms in total. The molecule has 2 aromatic carbocycles. The number of hydrogen-bond donors (Lipinski definition) is 2. The lowest BCUT2D eigenvalue weighted by Crippen LogP contribution is -2.51. The number of ketones is 1. The molecule has 0 heterocycles. The molecule has 0 aliphatic carbocycles. The number of alkyl halides is 3. The molecule has 0 bridgehead atoms. The van der Waals surface area contributed by atoms with Crippen LogP contribution in [-0.4, -0.2) is 29.8 Å². The van der Waals surface area contributed by atoms with Gasteiger partial charge in [-0.15, -0.1) is 0 Å². The zero-order chi connectivity index (χ0) is 22.5. The predicted octanol–water partition coefficient (Wildman–Crippen LogP) is 3.43. The van der Waals surface area contributed by atoms with Crippen molar-refractivity contribution in [3.8, 4) is 6.07 Å². The molecule has 0 spiro atoms. The molecule has 2 amide bonds. The summed E-state index contributed by atoms with van der Waals surface area (Å²) in [4.78, 5) is 36.6. The van der Waals surface area contributed by atoms with E-state index in [9.17, 15) is 27.6 Å². The lowest BCUT2D eigenvalue weighted by atomic mass is 9.99. The van der Waals surface area contributed by atoms with Gasteiger partial charge in [0.25, 0.3) is 0 Å². The van der Waals surface area contributed by atoms with Crippen molar-refractivity contribution in [2.45, 2.75) is 26.1 Å². The Morgan fingerprint density at radius 1 is 1.00 bits per heavy atom. The van der Waals surface area contributed by atoms with Crippen molar-refractivity contribution in [1.82, 2.24) is 5.32 Å². The molecule has 0 radical (unpaired) electrons. The fourth-order valence-corrected chi connectivity index (χ4v) is 2.61. The minimum absolute atomic E-state index is 0.0868. The summed E-state index contributed by atoms with van der Waals surface area (Å²) in [6.45, 7) is 2.96. The molecule has 0 saturated carbocycles. The van der Waals surface area contributed by atoms with Crippen molar-refractivity contribution in [1.29, 1.82) is 5.26 Å². The van der Waals surface area contributed by atoms with Crippen LogP contribution < -0.4 is 10.6 Å². The van der Waals surface area contributed by atoms with Gasteiger partial charge in [0, 0.05) is 11.1 Å². The minimum Gasteiger partial charge on any atom is -0.336 e. The minimum atomic E-state index is -5.13. The Morgan fingerprint density at radius 2 is 1.60 bits per heavy atom. The van der Waals surface area contributed by atoms with E-state index in [1.807, 2.05) is 6.07 Å². The Hall–Kier alpha value is -3.67. The lowest BCUT2D eigenvalue weighted by Gasteiger charge is -2.23. The molecule has 30 heavy (non-hydrogen) atoms. The van der Waals surface area contributed by atoms with Gasteiger partial charge in [0.1, 0.15) is 6.04 Å². The second kappa shape index (κ2) is 9.22. The van der Waals surface area contributed by atoms with Crippen LogP contribution in [0.3, 0.4) is 0 Å². The van der Waals surface area contributed by atoms with Crippen LogP contribution in [-0.2, 0) is 9.59 Å². The maximum Gasteiger partial charge on any atom is 0.471 e. The average Bonchev–Trinajstić information content (AvgIpc) is 2.70. The largest absolute Gasteiger partial charge is 0.471 e. The Kier molecular flexibility index (Phi) is 6.95. The fourth-order valence-electron chi connectivity index (χ4n) is 2.61. The number of halogens is 3. The van der Waals surface area contributed by atoms with Gasteiger partial charge in [0.05, 0.1) is 17.3 Å². The molecule has 0 fully saturated rings. The summed E-state index contributed by atoms with van der Waals surface area (Å²) >= 11 is 0. The highest BCUT2D eigenvalue weighted by Gasteiger charge is 2.41. The van der Waals surface area contributed by atoms with E-state index in [1.165, 1.54) is 50.2 Å². The zero-order valence-electron chi connectivity index (χ0n) is 16.1. The summed E-state index contributed by atoms with van der Waals surface area (Å²) in [6.07, 6.45) is -5.13. The van der Waals surface area contributed by atoms with Crippen LogP contribution in [0.4, 0.5) is 18.9 Å². The number of carbonyl (C=O) groups excluding carboxylic acids is 3. The number of para-hydroxylation sites is 1. The van der Waals surface area contributed by atoms with Crippen LogP contribution in [0, 0.1) is 17.2 Å². The van der Waals surface area contributed by atoms with Crippen LogP contribution >= 0.6 is 0 Å². The van der Waals surface area contributed by atoms with E-state index in [0.29, 0.717) is 5.56 Å².